The molecule has 0 fully saturated rings. The summed E-state index contributed by atoms with van der Waals surface area (Å²) in [7, 11) is -2.78. The third-order valence-corrected chi connectivity index (χ3v) is 14.3. The van der Waals surface area contributed by atoms with Crippen LogP contribution in [0.5, 0.6) is 0 Å². The summed E-state index contributed by atoms with van der Waals surface area (Å²) in [6, 6.07) is 67.1. The molecule has 212 valence electrons. The molecule has 1 aromatic heterocycles. The van der Waals surface area contributed by atoms with Gasteiger partial charge in [0.15, 0.2) is 8.07 Å². The number of aromatic nitrogens is 1. The lowest BCUT2D eigenvalue weighted by molar-refractivity contribution is 1.18. The molecule has 8 aromatic rings. The largest absolute Gasteiger partial charge is 0.311 e. The highest BCUT2D eigenvalue weighted by Crippen LogP contribution is 2.38. The first-order chi connectivity index (χ1) is 22.4. The molecule has 0 N–H and O–H groups in total. The summed E-state index contributed by atoms with van der Waals surface area (Å²) in [6.45, 7) is 0. The lowest BCUT2D eigenvalue weighted by atomic mass is 10.2. The first-order valence-electron chi connectivity index (χ1n) is 15.5. The fourth-order valence-corrected chi connectivity index (χ4v) is 12.8. The molecule has 7 aromatic carbocycles. The Balaban J connectivity index is 1.39. The molecular weight excluding hydrogens is 561 g/mol. The summed E-state index contributed by atoms with van der Waals surface area (Å²) in [5, 5.41) is 8.12. The molecule has 45 heavy (non-hydrogen) atoms. The SMILES string of the molecule is c1ccc(N2c3ccccc3[Si](c3ccccc3)(c3cccc(-n4c5ccccc5c5ccccc54)c3)c3ccccc32)cc1. The molecule has 0 radical (unpaired) electrons. The molecular formula is C42H30N2Si. The summed E-state index contributed by atoms with van der Waals surface area (Å²) < 4.78 is 2.44. The van der Waals surface area contributed by atoms with E-state index in [1.54, 1.807) is 0 Å². The highest BCUT2D eigenvalue weighted by atomic mass is 28.3. The molecule has 0 saturated carbocycles. The van der Waals surface area contributed by atoms with Crippen molar-refractivity contribution in [2.45, 2.75) is 0 Å². The monoisotopic (exact) mass is 590 g/mol. The summed E-state index contributed by atoms with van der Waals surface area (Å²) in [5.41, 5.74) is 7.32. The zero-order valence-corrected chi connectivity index (χ0v) is 25.7. The van der Waals surface area contributed by atoms with Gasteiger partial charge in [0.1, 0.15) is 0 Å². The number of fused-ring (bicyclic) bond motifs is 5. The van der Waals surface area contributed by atoms with E-state index in [0.717, 1.165) is 0 Å². The van der Waals surface area contributed by atoms with Gasteiger partial charge in [0.25, 0.3) is 0 Å². The highest BCUT2D eigenvalue weighted by molar-refractivity contribution is 7.21. The first kappa shape index (κ1) is 25.8. The van der Waals surface area contributed by atoms with Gasteiger partial charge >= 0.3 is 0 Å². The van der Waals surface area contributed by atoms with Gasteiger partial charge in [-0.25, -0.2) is 0 Å². The van der Waals surface area contributed by atoms with Crippen molar-refractivity contribution in [3.05, 3.63) is 182 Å². The normalized spacial score (nSPS) is 13.5. The van der Waals surface area contributed by atoms with Crippen molar-refractivity contribution in [1.82, 2.24) is 4.57 Å². The number of nitrogens with zero attached hydrogens (tertiary/aromatic N) is 2. The molecule has 1 aliphatic rings. The number of hydrogen-bond acceptors (Lipinski definition) is 1. The first-order valence-corrected chi connectivity index (χ1v) is 17.5. The predicted molar refractivity (Wildman–Crippen MR) is 193 cm³/mol. The van der Waals surface area contributed by atoms with Crippen molar-refractivity contribution in [3.63, 3.8) is 0 Å². The molecule has 0 saturated heterocycles. The van der Waals surface area contributed by atoms with Crippen LogP contribution in [0.3, 0.4) is 0 Å². The number of para-hydroxylation sites is 5. The van der Waals surface area contributed by atoms with Gasteiger partial charge in [-0.1, -0.05) is 133 Å². The van der Waals surface area contributed by atoms with E-state index in [9.17, 15) is 0 Å². The van der Waals surface area contributed by atoms with Crippen LogP contribution < -0.4 is 25.6 Å². The fraction of sp³-hybridized carbons (Fsp3) is 0. The predicted octanol–water partition coefficient (Wildman–Crippen LogP) is 7.94. The third-order valence-electron chi connectivity index (χ3n) is 9.44. The molecule has 0 spiro atoms. The van der Waals surface area contributed by atoms with Gasteiger partial charge in [0.2, 0.25) is 0 Å². The number of benzene rings is 7. The van der Waals surface area contributed by atoms with E-state index >= 15 is 0 Å². The van der Waals surface area contributed by atoms with E-state index in [0.29, 0.717) is 0 Å². The minimum atomic E-state index is -2.78. The number of hydrogen-bond donors (Lipinski definition) is 0. The van der Waals surface area contributed by atoms with Gasteiger partial charge in [-0.15, -0.1) is 0 Å². The second-order valence-electron chi connectivity index (χ2n) is 11.7. The van der Waals surface area contributed by atoms with E-state index < -0.39 is 8.07 Å². The van der Waals surface area contributed by atoms with Gasteiger partial charge < -0.3 is 9.47 Å². The van der Waals surface area contributed by atoms with Gasteiger partial charge in [0, 0.05) is 33.5 Å². The Kier molecular flexibility index (Phi) is 5.87. The van der Waals surface area contributed by atoms with Crippen LogP contribution in [0.25, 0.3) is 27.5 Å². The molecule has 0 aliphatic carbocycles. The summed E-state index contributed by atoms with van der Waals surface area (Å²) in [5.74, 6) is 0. The maximum Gasteiger partial charge on any atom is 0.184 e. The van der Waals surface area contributed by atoms with Crippen LogP contribution in [0.2, 0.25) is 0 Å². The molecule has 0 amide bonds. The van der Waals surface area contributed by atoms with Crippen molar-refractivity contribution in [2.75, 3.05) is 4.90 Å². The number of rotatable bonds is 4. The Bertz CT molecular complexity index is 2240. The van der Waals surface area contributed by atoms with Gasteiger partial charge in [0.05, 0.1) is 11.0 Å². The fourth-order valence-electron chi connectivity index (χ4n) is 7.66. The van der Waals surface area contributed by atoms with Crippen molar-refractivity contribution in [2.24, 2.45) is 0 Å². The second kappa shape index (κ2) is 10.2. The zero-order valence-electron chi connectivity index (χ0n) is 24.7. The lowest BCUT2D eigenvalue weighted by Crippen LogP contribution is -2.77. The highest BCUT2D eigenvalue weighted by Gasteiger charge is 2.48. The second-order valence-corrected chi connectivity index (χ2v) is 15.5. The van der Waals surface area contributed by atoms with Crippen LogP contribution in [0.15, 0.2) is 182 Å². The van der Waals surface area contributed by atoms with Crippen LogP contribution >= 0.6 is 0 Å². The molecule has 1 aliphatic heterocycles. The quantitative estimate of drug-likeness (QED) is 0.189. The lowest BCUT2D eigenvalue weighted by Gasteiger charge is -2.45. The minimum absolute atomic E-state index is 1.17. The average Bonchev–Trinajstić information content (AvgIpc) is 3.46. The van der Waals surface area contributed by atoms with Crippen molar-refractivity contribution >= 4 is 67.7 Å². The zero-order chi connectivity index (χ0) is 29.8. The van der Waals surface area contributed by atoms with Crippen LogP contribution in [0.1, 0.15) is 0 Å². The van der Waals surface area contributed by atoms with E-state index in [1.165, 1.54) is 65.3 Å². The minimum Gasteiger partial charge on any atom is -0.311 e. The topological polar surface area (TPSA) is 8.17 Å². The molecule has 2 heterocycles. The molecule has 0 atom stereocenters. The molecule has 9 rings (SSSR count). The van der Waals surface area contributed by atoms with E-state index in [2.05, 4.69) is 191 Å². The van der Waals surface area contributed by atoms with E-state index in [-0.39, 0.29) is 0 Å². The Morgan fingerprint density at radius 1 is 0.356 bits per heavy atom. The summed E-state index contributed by atoms with van der Waals surface area (Å²) >= 11 is 0. The van der Waals surface area contributed by atoms with Crippen LogP contribution in [-0.4, -0.2) is 12.6 Å². The number of anilines is 3. The summed E-state index contributed by atoms with van der Waals surface area (Å²) in [6.07, 6.45) is 0. The van der Waals surface area contributed by atoms with Crippen molar-refractivity contribution in [1.29, 1.82) is 0 Å². The van der Waals surface area contributed by atoms with Gasteiger partial charge in [-0.05, 0) is 69.3 Å². The van der Waals surface area contributed by atoms with Gasteiger partial charge in [-0.2, -0.15) is 0 Å². The van der Waals surface area contributed by atoms with Crippen molar-refractivity contribution < 1.29 is 0 Å². The van der Waals surface area contributed by atoms with Crippen molar-refractivity contribution in [3.8, 4) is 5.69 Å². The Morgan fingerprint density at radius 3 is 1.44 bits per heavy atom. The third kappa shape index (κ3) is 3.74. The molecule has 0 bridgehead atoms. The standard InChI is InChI=1S/C42H30N2Si/c1-3-16-31(17-4-1)43-39-26-11-13-28-41(39)45(33-19-5-2-6-20-33,42-29-14-12-27-40(42)43)34-21-15-18-32(30-34)44-37-24-9-7-22-35(37)36-23-8-10-25-38(36)44/h1-30H. The Morgan fingerprint density at radius 2 is 0.822 bits per heavy atom. The van der Waals surface area contributed by atoms with Crippen LogP contribution in [0.4, 0.5) is 17.1 Å². The smallest absolute Gasteiger partial charge is 0.184 e. The molecule has 3 heteroatoms. The van der Waals surface area contributed by atoms with E-state index in [1.807, 2.05) is 0 Å². The maximum absolute atomic E-state index is 2.78. The van der Waals surface area contributed by atoms with E-state index in [4.69, 9.17) is 0 Å². The Hall–Kier alpha value is -5.64. The maximum atomic E-state index is 2.48. The van der Waals surface area contributed by atoms with Gasteiger partial charge in [-0.3, -0.25) is 0 Å². The molecule has 2 nitrogen and oxygen atoms in total. The average molecular weight is 591 g/mol. The molecule has 0 unspecified atom stereocenters. The van der Waals surface area contributed by atoms with Crippen LogP contribution in [-0.2, 0) is 0 Å². The summed E-state index contributed by atoms with van der Waals surface area (Å²) in [4.78, 5) is 2.45. The van der Waals surface area contributed by atoms with Crippen LogP contribution in [0, 0.1) is 0 Å². The Labute approximate surface area is 264 Å².